The van der Waals surface area contributed by atoms with E-state index >= 15 is 0 Å². The van der Waals surface area contributed by atoms with E-state index < -0.39 is 10.9 Å². The van der Waals surface area contributed by atoms with Gasteiger partial charge in [-0.15, -0.1) is 0 Å². The molecule has 136 valence electrons. The summed E-state index contributed by atoms with van der Waals surface area (Å²) in [6, 6.07) is 12.7. The SMILES string of the molecule is CCOC(=O)c1cccc(NC(=O)CCNc2ccccc2[N+](=O)[O-])c1. The molecule has 0 heterocycles. The number of ether oxygens (including phenoxy) is 1. The molecule has 0 bridgehead atoms. The highest BCUT2D eigenvalue weighted by atomic mass is 16.6. The average Bonchev–Trinajstić information content (AvgIpc) is 2.62. The van der Waals surface area contributed by atoms with Crippen molar-refractivity contribution in [1.82, 2.24) is 0 Å². The van der Waals surface area contributed by atoms with E-state index in [1.54, 1.807) is 43.3 Å². The Labute approximate surface area is 150 Å². The predicted octanol–water partition coefficient (Wildman–Crippen LogP) is 3.21. The number of nitro benzene ring substituents is 1. The molecule has 0 atom stereocenters. The maximum Gasteiger partial charge on any atom is 0.338 e. The molecule has 2 rings (SSSR count). The van der Waals surface area contributed by atoms with Crippen LogP contribution in [0, 0.1) is 10.1 Å². The van der Waals surface area contributed by atoms with Gasteiger partial charge in [0.05, 0.1) is 17.1 Å². The Morgan fingerprint density at radius 2 is 1.92 bits per heavy atom. The van der Waals surface area contributed by atoms with Crippen molar-refractivity contribution < 1.29 is 19.2 Å². The third kappa shape index (κ3) is 5.30. The van der Waals surface area contributed by atoms with Crippen molar-refractivity contribution in [3.05, 3.63) is 64.2 Å². The fourth-order valence-corrected chi connectivity index (χ4v) is 2.25. The van der Waals surface area contributed by atoms with E-state index in [-0.39, 0.29) is 31.2 Å². The topological polar surface area (TPSA) is 111 Å². The van der Waals surface area contributed by atoms with E-state index in [0.29, 0.717) is 16.9 Å². The molecule has 0 saturated heterocycles. The highest BCUT2D eigenvalue weighted by molar-refractivity contribution is 5.94. The number of nitro groups is 1. The van der Waals surface area contributed by atoms with Gasteiger partial charge in [-0.25, -0.2) is 4.79 Å². The van der Waals surface area contributed by atoms with Gasteiger partial charge in [0, 0.05) is 24.7 Å². The summed E-state index contributed by atoms with van der Waals surface area (Å²) in [5, 5.41) is 16.5. The van der Waals surface area contributed by atoms with Crippen LogP contribution >= 0.6 is 0 Å². The Kier molecular flexibility index (Phi) is 6.67. The second-order valence-corrected chi connectivity index (χ2v) is 5.30. The van der Waals surface area contributed by atoms with Gasteiger partial charge in [-0.3, -0.25) is 14.9 Å². The number of carbonyl (C=O) groups is 2. The number of hydrogen-bond acceptors (Lipinski definition) is 6. The largest absolute Gasteiger partial charge is 0.462 e. The van der Waals surface area contributed by atoms with E-state index in [1.165, 1.54) is 12.1 Å². The van der Waals surface area contributed by atoms with Crippen LogP contribution in [0.25, 0.3) is 0 Å². The summed E-state index contributed by atoms with van der Waals surface area (Å²) in [5.74, 6) is -0.737. The number of nitrogens with one attached hydrogen (secondary N) is 2. The lowest BCUT2D eigenvalue weighted by molar-refractivity contribution is -0.384. The zero-order chi connectivity index (χ0) is 18.9. The maximum absolute atomic E-state index is 12.0. The van der Waals surface area contributed by atoms with Crippen LogP contribution in [-0.2, 0) is 9.53 Å². The van der Waals surface area contributed by atoms with Crippen molar-refractivity contribution in [2.24, 2.45) is 0 Å². The summed E-state index contributed by atoms with van der Waals surface area (Å²) < 4.78 is 4.92. The molecule has 0 fully saturated rings. The number of anilines is 2. The third-order valence-corrected chi connectivity index (χ3v) is 3.43. The minimum atomic E-state index is -0.483. The second-order valence-electron chi connectivity index (χ2n) is 5.30. The minimum Gasteiger partial charge on any atom is -0.462 e. The number of para-hydroxylation sites is 2. The monoisotopic (exact) mass is 357 g/mol. The van der Waals surface area contributed by atoms with Crippen molar-refractivity contribution in [2.75, 3.05) is 23.8 Å². The normalized spacial score (nSPS) is 10.0. The first-order valence-corrected chi connectivity index (χ1v) is 8.05. The van der Waals surface area contributed by atoms with E-state index in [9.17, 15) is 19.7 Å². The van der Waals surface area contributed by atoms with Crippen LogP contribution in [0.3, 0.4) is 0 Å². The van der Waals surface area contributed by atoms with Gasteiger partial charge in [0.1, 0.15) is 5.69 Å². The van der Waals surface area contributed by atoms with Crippen LogP contribution < -0.4 is 10.6 Å². The number of esters is 1. The standard InChI is InChI=1S/C18H19N3O5/c1-2-26-18(23)13-6-5-7-14(12-13)20-17(22)10-11-19-15-8-3-4-9-16(15)21(24)25/h3-9,12,19H,2,10-11H2,1H3,(H,20,22). The van der Waals surface area contributed by atoms with Gasteiger partial charge in [-0.05, 0) is 31.2 Å². The van der Waals surface area contributed by atoms with Crippen LogP contribution in [0.5, 0.6) is 0 Å². The van der Waals surface area contributed by atoms with Gasteiger partial charge in [-0.1, -0.05) is 18.2 Å². The molecule has 2 N–H and O–H groups in total. The number of benzene rings is 2. The molecule has 2 aromatic carbocycles. The lowest BCUT2D eigenvalue weighted by Crippen LogP contribution is -2.17. The summed E-state index contributed by atoms with van der Waals surface area (Å²) in [6.07, 6.45) is 0.107. The third-order valence-electron chi connectivity index (χ3n) is 3.43. The van der Waals surface area contributed by atoms with Gasteiger partial charge < -0.3 is 15.4 Å². The first-order chi connectivity index (χ1) is 12.5. The number of carbonyl (C=O) groups excluding carboxylic acids is 2. The van der Waals surface area contributed by atoms with Gasteiger partial charge >= 0.3 is 5.97 Å². The lowest BCUT2D eigenvalue weighted by Gasteiger charge is -2.09. The highest BCUT2D eigenvalue weighted by Gasteiger charge is 2.12. The van der Waals surface area contributed by atoms with Gasteiger partial charge in [0.25, 0.3) is 5.69 Å². The molecule has 0 unspecified atom stereocenters. The van der Waals surface area contributed by atoms with Crippen molar-refractivity contribution in [3.8, 4) is 0 Å². The molecule has 2 aromatic rings. The highest BCUT2D eigenvalue weighted by Crippen LogP contribution is 2.23. The second kappa shape index (κ2) is 9.16. The van der Waals surface area contributed by atoms with Crippen LogP contribution in [0.1, 0.15) is 23.7 Å². The van der Waals surface area contributed by atoms with Crippen LogP contribution in [-0.4, -0.2) is 30.0 Å². The van der Waals surface area contributed by atoms with Crippen molar-refractivity contribution in [2.45, 2.75) is 13.3 Å². The van der Waals surface area contributed by atoms with E-state index in [2.05, 4.69) is 10.6 Å². The molecule has 0 aliphatic carbocycles. The zero-order valence-electron chi connectivity index (χ0n) is 14.2. The summed E-state index contributed by atoms with van der Waals surface area (Å²) in [5.41, 5.74) is 1.14. The van der Waals surface area contributed by atoms with Crippen molar-refractivity contribution >= 4 is 28.9 Å². The fourth-order valence-electron chi connectivity index (χ4n) is 2.25. The predicted molar refractivity (Wildman–Crippen MR) is 97.2 cm³/mol. The quantitative estimate of drug-likeness (QED) is 0.426. The molecule has 0 radical (unpaired) electrons. The molecule has 0 aliphatic rings. The Hall–Kier alpha value is -3.42. The minimum absolute atomic E-state index is 0.0463. The Morgan fingerprint density at radius 1 is 1.15 bits per heavy atom. The molecule has 26 heavy (non-hydrogen) atoms. The first-order valence-electron chi connectivity index (χ1n) is 8.05. The summed E-state index contributed by atoms with van der Waals surface area (Å²) in [6.45, 7) is 2.22. The Bertz CT molecular complexity index is 807. The molecular weight excluding hydrogens is 338 g/mol. The Morgan fingerprint density at radius 3 is 2.65 bits per heavy atom. The summed E-state index contributed by atoms with van der Waals surface area (Å²) in [4.78, 5) is 34.2. The molecule has 0 aliphatic heterocycles. The first kappa shape index (κ1) is 18.9. The molecule has 8 nitrogen and oxygen atoms in total. The van der Waals surface area contributed by atoms with Crippen LogP contribution in [0.2, 0.25) is 0 Å². The van der Waals surface area contributed by atoms with Gasteiger partial charge in [-0.2, -0.15) is 0 Å². The maximum atomic E-state index is 12.0. The summed E-state index contributed by atoms with van der Waals surface area (Å²) in [7, 11) is 0. The van der Waals surface area contributed by atoms with E-state index in [0.717, 1.165) is 0 Å². The smallest absolute Gasteiger partial charge is 0.338 e. The van der Waals surface area contributed by atoms with E-state index in [4.69, 9.17) is 4.74 Å². The zero-order valence-corrected chi connectivity index (χ0v) is 14.2. The lowest BCUT2D eigenvalue weighted by atomic mass is 10.2. The number of rotatable bonds is 8. The van der Waals surface area contributed by atoms with Gasteiger partial charge in [0.15, 0.2) is 0 Å². The summed E-state index contributed by atoms with van der Waals surface area (Å²) >= 11 is 0. The molecule has 0 aromatic heterocycles. The molecular formula is C18H19N3O5. The Balaban J connectivity index is 1.89. The average molecular weight is 357 g/mol. The van der Waals surface area contributed by atoms with E-state index in [1.807, 2.05) is 0 Å². The van der Waals surface area contributed by atoms with Crippen LogP contribution in [0.4, 0.5) is 17.1 Å². The molecule has 8 heteroatoms. The van der Waals surface area contributed by atoms with Crippen molar-refractivity contribution in [1.29, 1.82) is 0 Å². The molecule has 0 spiro atoms. The number of nitrogens with zero attached hydrogens (tertiary/aromatic N) is 1. The van der Waals surface area contributed by atoms with Crippen molar-refractivity contribution in [3.63, 3.8) is 0 Å². The molecule has 1 amide bonds. The van der Waals surface area contributed by atoms with Gasteiger partial charge in [0.2, 0.25) is 5.91 Å². The van der Waals surface area contributed by atoms with Crippen LogP contribution in [0.15, 0.2) is 48.5 Å². The number of hydrogen-bond donors (Lipinski definition) is 2. The number of amides is 1. The fraction of sp³-hybridized carbons (Fsp3) is 0.222. The molecule has 0 saturated carbocycles.